The Morgan fingerprint density at radius 1 is 1.57 bits per heavy atom. The Balaban J connectivity index is 0. The van der Waals surface area contributed by atoms with Crippen molar-refractivity contribution in [2.75, 3.05) is 7.11 Å². The molecule has 7 heavy (non-hydrogen) atoms. The van der Waals surface area contributed by atoms with Gasteiger partial charge < -0.3 is 5.11 Å². The summed E-state index contributed by atoms with van der Waals surface area (Å²) in [6.45, 7) is 1.60. The van der Waals surface area contributed by atoms with Crippen molar-refractivity contribution < 1.29 is 15.0 Å². The smallest absolute Gasteiger partial charge is 0.303 e. The number of rotatable bonds is 1. The summed E-state index contributed by atoms with van der Waals surface area (Å²) in [5, 5.41) is 16.0. The first-order valence-electron chi connectivity index (χ1n) is 1.90. The van der Waals surface area contributed by atoms with E-state index in [1.54, 1.807) is 6.92 Å². The number of carboxylic acids is 1. The van der Waals surface area contributed by atoms with Gasteiger partial charge in [0.1, 0.15) is 0 Å². The maximum atomic E-state index is 9.37. The Labute approximate surface area is 42.6 Å². The van der Waals surface area contributed by atoms with Crippen molar-refractivity contribution >= 4 is 5.97 Å². The second kappa shape index (κ2) is 9.06. The number of carboxylic acid groups (broad SMARTS) is 1. The molecule has 43 valence electrons. The van der Waals surface area contributed by atoms with Crippen LogP contribution >= 0.6 is 0 Å². The van der Waals surface area contributed by atoms with Crippen LogP contribution in [0.15, 0.2) is 0 Å². The van der Waals surface area contributed by atoms with Crippen molar-refractivity contribution in [3.63, 3.8) is 0 Å². The van der Waals surface area contributed by atoms with E-state index in [0.29, 0.717) is 0 Å². The minimum atomic E-state index is -0.745. The van der Waals surface area contributed by atoms with Crippen molar-refractivity contribution in [2.45, 2.75) is 13.3 Å². The Morgan fingerprint density at radius 2 is 1.71 bits per heavy atom. The van der Waals surface area contributed by atoms with Gasteiger partial charge in [0.15, 0.2) is 0 Å². The minimum Gasteiger partial charge on any atom is -0.481 e. The number of hydrogen-bond donors (Lipinski definition) is 1. The summed E-state index contributed by atoms with van der Waals surface area (Å²) in [6, 6.07) is 0. The van der Waals surface area contributed by atoms with Gasteiger partial charge in [0.05, 0.1) is 7.11 Å². The van der Waals surface area contributed by atoms with Crippen LogP contribution in [0.25, 0.3) is 0 Å². The molecule has 0 heterocycles. The standard InChI is InChI=1S/C3H6O2.CH3O/c1-2-3(4)5;1-2/h2H2,1H3,(H,4,5);1H3. The first kappa shape index (κ1) is 9.66. The van der Waals surface area contributed by atoms with E-state index in [0.717, 1.165) is 7.11 Å². The summed E-state index contributed by atoms with van der Waals surface area (Å²) in [6.07, 6.45) is 0.222. The van der Waals surface area contributed by atoms with Crippen molar-refractivity contribution in [1.82, 2.24) is 0 Å². The van der Waals surface area contributed by atoms with Gasteiger partial charge in [-0.05, 0) is 0 Å². The van der Waals surface area contributed by atoms with Crippen LogP contribution in [-0.4, -0.2) is 18.2 Å². The monoisotopic (exact) mass is 105 g/mol. The van der Waals surface area contributed by atoms with Crippen molar-refractivity contribution in [1.29, 1.82) is 0 Å². The van der Waals surface area contributed by atoms with Gasteiger partial charge >= 0.3 is 5.97 Å². The third-order valence-electron chi connectivity index (χ3n) is 0.302. The molecule has 0 aromatic carbocycles. The summed E-state index contributed by atoms with van der Waals surface area (Å²) in [4.78, 5) is 9.37. The van der Waals surface area contributed by atoms with Crippen molar-refractivity contribution in [3.05, 3.63) is 0 Å². The molecule has 0 amide bonds. The molecule has 0 rings (SSSR count). The predicted octanol–water partition coefficient (Wildman–Crippen LogP) is 0.528. The first-order valence-corrected chi connectivity index (χ1v) is 1.90. The topological polar surface area (TPSA) is 57.2 Å². The average molecular weight is 105 g/mol. The molecule has 0 saturated heterocycles. The lowest BCUT2D eigenvalue weighted by atomic mass is 10.5. The molecule has 3 heteroatoms. The fraction of sp³-hybridized carbons (Fsp3) is 0.750. The van der Waals surface area contributed by atoms with Crippen LogP contribution in [0.4, 0.5) is 0 Å². The lowest BCUT2D eigenvalue weighted by Gasteiger charge is -1.71. The highest BCUT2D eigenvalue weighted by Gasteiger charge is 1.80. The SMILES string of the molecule is CCC(=O)O.C[O]. The average Bonchev–Trinajstić information content (AvgIpc) is 1.73. The normalized spacial score (nSPS) is 6.14. The molecule has 0 aliphatic rings. The molecule has 0 aliphatic carbocycles. The zero-order valence-electron chi connectivity index (χ0n) is 4.47. The Kier molecular flexibility index (Phi) is 12.5. The molecule has 0 saturated carbocycles. The largest absolute Gasteiger partial charge is 0.481 e. The number of carbonyl (C=O) groups is 1. The molecule has 3 nitrogen and oxygen atoms in total. The number of aliphatic carboxylic acids is 1. The third kappa shape index (κ3) is 31.2. The lowest BCUT2D eigenvalue weighted by molar-refractivity contribution is -0.136. The molecule has 0 aliphatic heterocycles. The van der Waals surface area contributed by atoms with E-state index in [1.165, 1.54) is 0 Å². The highest BCUT2D eigenvalue weighted by molar-refractivity contribution is 5.66. The van der Waals surface area contributed by atoms with Crippen molar-refractivity contribution in [2.24, 2.45) is 0 Å². The molecule has 1 N–H and O–H groups in total. The first-order chi connectivity index (χ1) is 3.27. The van der Waals surface area contributed by atoms with Gasteiger partial charge in [-0.15, -0.1) is 0 Å². The quantitative estimate of drug-likeness (QED) is 0.528. The summed E-state index contributed by atoms with van der Waals surface area (Å²) in [7, 11) is 0.750. The summed E-state index contributed by atoms with van der Waals surface area (Å²) < 4.78 is 0. The van der Waals surface area contributed by atoms with Gasteiger partial charge in [-0.3, -0.25) is 4.79 Å². The van der Waals surface area contributed by atoms with Crippen LogP contribution in [-0.2, 0) is 9.90 Å². The second-order valence-electron chi connectivity index (χ2n) is 0.747. The van der Waals surface area contributed by atoms with Crippen LogP contribution in [0, 0.1) is 0 Å². The van der Waals surface area contributed by atoms with Crippen LogP contribution < -0.4 is 0 Å². The van der Waals surface area contributed by atoms with Crippen LogP contribution in [0.5, 0.6) is 0 Å². The lowest BCUT2D eigenvalue weighted by Crippen LogP contribution is -1.86. The van der Waals surface area contributed by atoms with Crippen LogP contribution in [0.3, 0.4) is 0 Å². The third-order valence-corrected chi connectivity index (χ3v) is 0.302. The molecular weight excluding hydrogens is 96.0 g/mol. The minimum absolute atomic E-state index is 0.222. The highest BCUT2D eigenvalue weighted by Crippen LogP contribution is 1.67. The van der Waals surface area contributed by atoms with Crippen molar-refractivity contribution in [3.8, 4) is 0 Å². The molecule has 0 aromatic rings. The van der Waals surface area contributed by atoms with Gasteiger partial charge in [0.2, 0.25) is 0 Å². The maximum absolute atomic E-state index is 9.37. The van der Waals surface area contributed by atoms with Gasteiger partial charge in [-0.25, -0.2) is 5.11 Å². The summed E-state index contributed by atoms with van der Waals surface area (Å²) in [5.74, 6) is -0.745. The highest BCUT2D eigenvalue weighted by atomic mass is 16.4. The van der Waals surface area contributed by atoms with Gasteiger partial charge in [0.25, 0.3) is 0 Å². The van der Waals surface area contributed by atoms with Gasteiger partial charge in [0, 0.05) is 6.42 Å². The van der Waals surface area contributed by atoms with Crippen LogP contribution in [0.1, 0.15) is 13.3 Å². The molecule has 0 aromatic heterocycles. The summed E-state index contributed by atoms with van der Waals surface area (Å²) >= 11 is 0. The molecule has 0 fully saturated rings. The van der Waals surface area contributed by atoms with Gasteiger partial charge in [-0.1, -0.05) is 6.92 Å². The fourth-order valence-corrected chi connectivity index (χ4v) is 0. The molecule has 0 spiro atoms. The Morgan fingerprint density at radius 3 is 1.71 bits per heavy atom. The van der Waals surface area contributed by atoms with E-state index in [-0.39, 0.29) is 6.42 Å². The zero-order chi connectivity index (χ0) is 6.28. The molecule has 0 bridgehead atoms. The van der Waals surface area contributed by atoms with E-state index in [4.69, 9.17) is 10.2 Å². The van der Waals surface area contributed by atoms with Gasteiger partial charge in [-0.2, -0.15) is 0 Å². The Hall–Kier alpha value is -0.570. The Bertz CT molecular complexity index is 42.2. The maximum Gasteiger partial charge on any atom is 0.303 e. The van der Waals surface area contributed by atoms with E-state index >= 15 is 0 Å². The van der Waals surface area contributed by atoms with E-state index in [2.05, 4.69) is 0 Å². The molecule has 1 radical (unpaired) electrons. The molecule has 0 atom stereocenters. The number of hydrogen-bond acceptors (Lipinski definition) is 1. The van der Waals surface area contributed by atoms with E-state index in [1.807, 2.05) is 0 Å². The van der Waals surface area contributed by atoms with Crippen LogP contribution in [0.2, 0.25) is 0 Å². The second-order valence-corrected chi connectivity index (χ2v) is 0.747. The fourth-order valence-electron chi connectivity index (χ4n) is 0. The van der Waals surface area contributed by atoms with E-state index < -0.39 is 5.97 Å². The molecule has 0 unspecified atom stereocenters. The molecular formula is C4H9O3. The van der Waals surface area contributed by atoms with E-state index in [9.17, 15) is 4.79 Å². The zero-order valence-corrected chi connectivity index (χ0v) is 4.47. The summed E-state index contributed by atoms with van der Waals surface area (Å²) in [5.41, 5.74) is 0. The predicted molar refractivity (Wildman–Crippen MR) is 24.5 cm³/mol.